The molecule has 102 valence electrons. The monoisotopic (exact) mass is 263 g/mol. The van der Waals surface area contributed by atoms with Gasteiger partial charge in [-0.1, -0.05) is 19.9 Å². The first-order chi connectivity index (χ1) is 7.39. The van der Waals surface area contributed by atoms with Gasteiger partial charge < -0.3 is 21.6 Å². The van der Waals surface area contributed by atoms with Gasteiger partial charge in [0.1, 0.15) is 0 Å². The van der Waals surface area contributed by atoms with Gasteiger partial charge in [-0.15, -0.1) is 0 Å². The van der Waals surface area contributed by atoms with Gasteiger partial charge in [-0.3, -0.25) is 0 Å². The summed E-state index contributed by atoms with van der Waals surface area (Å²) < 4.78 is 6.05. The van der Waals surface area contributed by atoms with Crippen LogP contribution in [0.4, 0.5) is 0 Å². The van der Waals surface area contributed by atoms with Crippen molar-refractivity contribution in [2.75, 3.05) is 33.8 Å². The van der Waals surface area contributed by atoms with Gasteiger partial charge in [0.25, 0.3) is 0 Å². The minimum Gasteiger partial charge on any atom is -1.00 e. The van der Waals surface area contributed by atoms with Gasteiger partial charge in [-0.2, -0.15) is 0 Å². The Hall–Kier alpha value is -0.540. The number of carbonyl (C=O) groups is 1. The molecule has 0 bridgehead atoms. The summed E-state index contributed by atoms with van der Waals surface area (Å²) >= 11 is 0. The number of ether oxygens (including phenoxy) is 1. The summed E-state index contributed by atoms with van der Waals surface area (Å²) in [4.78, 5) is 11.1. The fourth-order valence-corrected chi connectivity index (χ4v) is 1.48. The summed E-state index contributed by atoms with van der Waals surface area (Å²) in [6.45, 7) is 10.1. The lowest BCUT2D eigenvalue weighted by Gasteiger charge is -2.29. The van der Waals surface area contributed by atoms with Crippen molar-refractivity contribution < 1.29 is 26.4 Å². The van der Waals surface area contributed by atoms with Crippen molar-refractivity contribution in [1.82, 2.24) is 0 Å². The molecule has 0 atom stereocenters. The maximum atomic E-state index is 11.1. The lowest BCUT2D eigenvalue weighted by Crippen LogP contribution is -3.00. The zero-order chi connectivity index (χ0) is 12.6. The number of quaternary nitrogens is 1. The first-order valence-corrected chi connectivity index (χ1v) is 6.03. The third-order valence-electron chi connectivity index (χ3n) is 2.61. The molecule has 3 nitrogen and oxygen atoms in total. The molecule has 4 heteroatoms. The van der Waals surface area contributed by atoms with Crippen molar-refractivity contribution in [3.05, 3.63) is 12.2 Å². The van der Waals surface area contributed by atoms with Crippen molar-refractivity contribution in [1.29, 1.82) is 0 Å². The fraction of sp³-hybridized carbons (Fsp3) is 0.769. The Morgan fingerprint density at radius 2 is 1.76 bits per heavy atom. The summed E-state index contributed by atoms with van der Waals surface area (Å²) in [5.41, 5.74) is 0.472. The fourth-order valence-electron chi connectivity index (χ4n) is 1.48. The summed E-state index contributed by atoms with van der Waals surface area (Å²) in [5.74, 6) is -0.279. The molecule has 0 fully saturated rings. The third-order valence-corrected chi connectivity index (χ3v) is 2.61. The van der Waals surface area contributed by atoms with Crippen molar-refractivity contribution in [2.45, 2.75) is 33.1 Å². The molecule has 0 amide bonds. The molecule has 0 aliphatic carbocycles. The Balaban J connectivity index is 0. The first-order valence-electron chi connectivity index (χ1n) is 6.03. The Bertz CT molecular complexity index is 240. The van der Waals surface area contributed by atoms with E-state index in [-0.39, 0.29) is 18.4 Å². The number of carbonyl (C=O) groups excluding carboxylic acids is 1. The zero-order valence-electron chi connectivity index (χ0n) is 11.6. The molecule has 0 aromatic carbocycles. The van der Waals surface area contributed by atoms with Crippen LogP contribution in [-0.4, -0.2) is 44.2 Å². The normalized spacial score (nSPS) is 10.6. The maximum Gasteiger partial charge on any atom is 0.333 e. The van der Waals surface area contributed by atoms with Crippen LogP contribution >= 0.6 is 0 Å². The predicted octanol–water partition coefficient (Wildman–Crippen LogP) is -0.624. The summed E-state index contributed by atoms with van der Waals surface area (Å²) in [6, 6.07) is 0. The molecule has 0 aliphatic rings. The number of unbranched alkanes of at least 4 members (excludes halogenated alkanes) is 1. The highest BCUT2D eigenvalue weighted by Crippen LogP contribution is 2.03. The summed E-state index contributed by atoms with van der Waals surface area (Å²) in [5, 5.41) is 0. The predicted molar refractivity (Wildman–Crippen MR) is 67.1 cm³/mol. The van der Waals surface area contributed by atoms with E-state index < -0.39 is 0 Å². The Morgan fingerprint density at radius 1 is 1.24 bits per heavy atom. The minimum atomic E-state index is -0.279. The van der Waals surface area contributed by atoms with E-state index in [4.69, 9.17) is 4.74 Å². The molecular weight excluding hydrogens is 238 g/mol. The van der Waals surface area contributed by atoms with Gasteiger partial charge in [0, 0.05) is 12.0 Å². The molecular formula is C13H26ClNO2. The van der Waals surface area contributed by atoms with Gasteiger partial charge in [0.05, 0.1) is 33.8 Å². The lowest BCUT2D eigenvalue weighted by atomic mass is 10.2. The minimum absolute atomic E-state index is 0. The van der Waals surface area contributed by atoms with E-state index in [2.05, 4.69) is 27.6 Å². The van der Waals surface area contributed by atoms with Crippen molar-refractivity contribution in [3.8, 4) is 0 Å². The van der Waals surface area contributed by atoms with Gasteiger partial charge in [-0.05, 0) is 13.3 Å². The van der Waals surface area contributed by atoms with Gasteiger partial charge in [0.15, 0.2) is 0 Å². The van der Waals surface area contributed by atoms with Crippen LogP contribution in [0.15, 0.2) is 12.2 Å². The van der Waals surface area contributed by atoms with Gasteiger partial charge >= 0.3 is 5.97 Å². The number of hydrogen-bond acceptors (Lipinski definition) is 2. The topological polar surface area (TPSA) is 26.3 Å². The number of nitrogens with zero attached hydrogens (tertiary/aromatic N) is 1. The molecule has 17 heavy (non-hydrogen) atoms. The van der Waals surface area contributed by atoms with Crippen LogP contribution in [0.2, 0.25) is 0 Å². The summed E-state index contributed by atoms with van der Waals surface area (Å²) in [7, 11) is 4.44. The van der Waals surface area contributed by atoms with Crippen LogP contribution in [0.5, 0.6) is 0 Å². The highest BCUT2D eigenvalue weighted by molar-refractivity contribution is 5.86. The molecule has 0 spiro atoms. The molecule has 0 saturated carbocycles. The molecule has 0 rings (SSSR count). The van der Waals surface area contributed by atoms with E-state index in [1.54, 1.807) is 6.92 Å². The molecule has 0 saturated heterocycles. The highest BCUT2D eigenvalue weighted by atomic mass is 35.5. The van der Waals surface area contributed by atoms with E-state index in [9.17, 15) is 4.79 Å². The SMILES string of the molecule is C=C(C)C(=O)OCCC[N+](C)(C)CCCC.[Cl-]. The van der Waals surface area contributed by atoms with Crippen LogP contribution in [0, 0.1) is 0 Å². The Kier molecular flexibility index (Phi) is 10.5. The second kappa shape index (κ2) is 9.49. The standard InChI is InChI=1S/C13H26NO2.ClH/c1-6-7-9-14(4,5)10-8-11-16-13(15)12(2)3;/h2,6-11H2,1,3-5H3;1H/q+1;/p-1. The van der Waals surface area contributed by atoms with E-state index in [1.807, 2.05) is 0 Å². The van der Waals surface area contributed by atoms with Crippen molar-refractivity contribution in [3.63, 3.8) is 0 Å². The Labute approximate surface area is 112 Å². The molecule has 0 aromatic heterocycles. The number of hydrogen-bond donors (Lipinski definition) is 0. The second-order valence-corrected chi connectivity index (χ2v) is 5.01. The van der Waals surface area contributed by atoms with Crippen LogP contribution < -0.4 is 12.4 Å². The number of halogens is 1. The van der Waals surface area contributed by atoms with Gasteiger partial charge in [-0.25, -0.2) is 4.79 Å². The second-order valence-electron chi connectivity index (χ2n) is 5.01. The first kappa shape index (κ1) is 18.8. The van der Waals surface area contributed by atoms with Gasteiger partial charge in [0.2, 0.25) is 0 Å². The average molecular weight is 264 g/mol. The molecule has 0 heterocycles. The largest absolute Gasteiger partial charge is 1.00 e. The molecule has 0 N–H and O–H groups in total. The molecule has 0 unspecified atom stereocenters. The van der Waals surface area contributed by atoms with Crippen LogP contribution in [0.3, 0.4) is 0 Å². The molecule has 0 aliphatic heterocycles. The van der Waals surface area contributed by atoms with Crippen molar-refractivity contribution >= 4 is 5.97 Å². The Morgan fingerprint density at radius 3 is 2.24 bits per heavy atom. The van der Waals surface area contributed by atoms with Crippen molar-refractivity contribution in [2.24, 2.45) is 0 Å². The van der Waals surface area contributed by atoms with E-state index in [0.717, 1.165) is 17.4 Å². The quantitative estimate of drug-likeness (QED) is 0.253. The van der Waals surface area contributed by atoms with Crippen LogP contribution in [0.25, 0.3) is 0 Å². The molecule has 0 aromatic rings. The highest BCUT2D eigenvalue weighted by Gasteiger charge is 2.13. The summed E-state index contributed by atoms with van der Waals surface area (Å²) in [6.07, 6.45) is 3.39. The van der Waals surface area contributed by atoms with E-state index in [0.29, 0.717) is 12.2 Å². The number of rotatable bonds is 8. The smallest absolute Gasteiger partial charge is 0.333 e. The number of esters is 1. The van der Waals surface area contributed by atoms with E-state index in [1.165, 1.54) is 19.4 Å². The zero-order valence-corrected chi connectivity index (χ0v) is 12.3. The third kappa shape index (κ3) is 10.3. The van der Waals surface area contributed by atoms with Crippen LogP contribution in [0.1, 0.15) is 33.1 Å². The average Bonchev–Trinajstić information content (AvgIpc) is 2.21. The van der Waals surface area contributed by atoms with Crippen LogP contribution in [-0.2, 0) is 9.53 Å². The lowest BCUT2D eigenvalue weighted by molar-refractivity contribution is -0.890. The molecule has 0 radical (unpaired) electrons. The maximum absolute atomic E-state index is 11.1. The van der Waals surface area contributed by atoms with E-state index >= 15 is 0 Å².